The quantitative estimate of drug-likeness (QED) is 0.578. The summed E-state index contributed by atoms with van der Waals surface area (Å²) in [5.74, 6) is 0.0296. The van der Waals surface area contributed by atoms with Crippen molar-refractivity contribution < 1.29 is 13.5 Å². The van der Waals surface area contributed by atoms with Crippen molar-refractivity contribution in [3.8, 4) is 0 Å². The van der Waals surface area contributed by atoms with Crippen molar-refractivity contribution in [2.45, 2.75) is 18.6 Å². The highest BCUT2D eigenvalue weighted by Crippen LogP contribution is 2.01. The van der Waals surface area contributed by atoms with E-state index < -0.39 is 15.1 Å². The Labute approximate surface area is 67.3 Å². The Kier molecular flexibility index (Phi) is 4.63. The highest BCUT2D eigenvalue weighted by atomic mass is 32.2. The second kappa shape index (κ2) is 4.69. The fourth-order valence-corrected chi connectivity index (χ4v) is 1.84. The topological polar surface area (TPSA) is 80.4 Å². The van der Waals surface area contributed by atoms with Gasteiger partial charge in [-0.3, -0.25) is 0 Å². The molecule has 0 aliphatic heterocycles. The van der Waals surface area contributed by atoms with E-state index in [1.54, 1.807) is 6.92 Å². The largest absolute Gasteiger partial charge is 0.396 e. The third-order valence-electron chi connectivity index (χ3n) is 1.53. The van der Waals surface area contributed by atoms with E-state index in [4.69, 9.17) is 10.8 Å². The molecule has 5 heteroatoms. The highest BCUT2D eigenvalue weighted by molar-refractivity contribution is 7.92. The van der Waals surface area contributed by atoms with Gasteiger partial charge in [-0.2, -0.15) is 0 Å². The molecule has 0 heterocycles. The molecule has 0 rings (SSSR count). The molecule has 0 radical (unpaired) electrons. The minimum absolute atomic E-state index is 0.0296. The van der Waals surface area contributed by atoms with Crippen molar-refractivity contribution >= 4 is 9.84 Å². The van der Waals surface area contributed by atoms with Gasteiger partial charge >= 0.3 is 0 Å². The molecule has 4 nitrogen and oxygen atoms in total. The summed E-state index contributed by atoms with van der Waals surface area (Å²) in [7, 11) is -3.06. The maximum atomic E-state index is 11.1. The predicted octanol–water partition coefficient (Wildman–Crippen LogP) is -0.869. The minimum atomic E-state index is -3.06. The SMILES string of the molecule is CC(CN)S(=O)(=O)CCCO. The van der Waals surface area contributed by atoms with Crippen molar-refractivity contribution in [1.82, 2.24) is 0 Å². The van der Waals surface area contributed by atoms with E-state index in [0.717, 1.165) is 0 Å². The van der Waals surface area contributed by atoms with E-state index in [2.05, 4.69) is 0 Å². The first kappa shape index (κ1) is 10.9. The third kappa shape index (κ3) is 3.69. The van der Waals surface area contributed by atoms with Crippen LogP contribution in [0.25, 0.3) is 0 Å². The van der Waals surface area contributed by atoms with Crippen LogP contribution in [0.2, 0.25) is 0 Å². The predicted molar refractivity (Wildman–Crippen MR) is 44.0 cm³/mol. The van der Waals surface area contributed by atoms with Gasteiger partial charge in [0.05, 0.1) is 11.0 Å². The van der Waals surface area contributed by atoms with Crippen molar-refractivity contribution in [2.24, 2.45) is 5.73 Å². The molecule has 0 amide bonds. The first-order chi connectivity index (χ1) is 5.04. The summed E-state index contributed by atoms with van der Waals surface area (Å²) in [5, 5.41) is 7.90. The summed E-state index contributed by atoms with van der Waals surface area (Å²) in [6.07, 6.45) is 0.298. The molecular formula is C6H15NO3S. The monoisotopic (exact) mass is 181 g/mol. The summed E-state index contributed by atoms with van der Waals surface area (Å²) in [6, 6.07) is 0. The smallest absolute Gasteiger partial charge is 0.154 e. The average Bonchev–Trinajstić information content (AvgIpc) is 1.99. The van der Waals surface area contributed by atoms with Crippen LogP contribution in [0.1, 0.15) is 13.3 Å². The van der Waals surface area contributed by atoms with Crippen LogP contribution in [0.15, 0.2) is 0 Å². The van der Waals surface area contributed by atoms with E-state index in [9.17, 15) is 8.42 Å². The summed E-state index contributed by atoms with van der Waals surface area (Å²) >= 11 is 0. The van der Waals surface area contributed by atoms with E-state index >= 15 is 0 Å². The summed E-state index contributed by atoms with van der Waals surface area (Å²) in [4.78, 5) is 0. The second-order valence-corrected chi connectivity index (χ2v) is 5.03. The Morgan fingerprint density at radius 3 is 2.45 bits per heavy atom. The molecule has 0 aliphatic carbocycles. The Bertz CT molecular complexity index is 188. The zero-order chi connectivity index (χ0) is 8.91. The third-order valence-corrected chi connectivity index (χ3v) is 3.81. The van der Waals surface area contributed by atoms with Gasteiger partial charge in [0.1, 0.15) is 0 Å². The lowest BCUT2D eigenvalue weighted by Gasteiger charge is -2.08. The number of rotatable bonds is 5. The van der Waals surface area contributed by atoms with Crippen molar-refractivity contribution in [1.29, 1.82) is 0 Å². The van der Waals surface area contributed by atoms with Gasteiger partial charge in [-0.1, -0.05) is 0 Å². The fraction of sp³-hybridized carbons (Fsp3) is 1.00. The summed E-state index contributed by atoms with van der Waals surface area (Å²) < 4.78 is 22.3. The zero-order valence-corrected chi connectivity index (χ0v) is 7.47. The molecule has 0 saturated carbocycles. The van der Waals surface area contributed by atoms with E-state index in [1.165, 1.54) is 0 Å². The molecule has 0 saturated heterocycles. The molecule has 3 N–H and O–H groups in total. The number of aliphatic hydroxyl groups is 1. The number of hydrogen-bond donors (Lipinski definition) is 2. The Morgan fingerprint density at radius 2 is 2.09 bits per heavy atom. The van der Waals surface area contributed by atoms with Crippen LogP contribution in [0, 0.1) is 0 Å². The number of aliphatic hydroxyl groups excluding tert-OH is 1. The molecule has 0 aromatic heterocycles. The molecule has 68 valence electrons. The van der Waals surface area contributed by atoms with Crippen molar-refractivity contribution in [3.63, 3.8) is 0 Å². The van der Waals surface area contributed by atoms with Crippen molar-refractivity contribution in [2.75, 3.05) is 18.9 Å². The first-order valence-corrected chi connectivity index (χ1v) is 5.28. The van der Waals surface area contributed by atoms with Crippen molar-refractivity contribution in [3.05, 3.63) is 0 Å². The Balaban J connectivity index is 4.01. The molecule has 1 atom stereocenters. The number of sulfone groups is 1. The molecular weight excluding hydrogens is 166 g/mol. The molecule has 0 aliphatic rings. The molecule has 0 bridgehead atoms. The number of nitrogens with two attached hydrogens (primary N) is 1. The van der Waals surface area contributed by atoms with E-state index in [-0.39, 0.29) is 18.9 Å². The molecule has 0 fully saturated rings. The van der Waals surface area contributed by atoms with Crippen LogP contribution in [-0.2, 0) is 9.84 Å². The summed E-state index contributed by atoms with van der Waals surface area (Å²) in [6.45, 7) is 1.64. The normalized spacial score (nSPS) is 14.8. The van der Waals surface area contributed by atoms with E-state index in [1.807, 2.05) is 0 Å². The zero-order valence-electron chi connectivity index (χ0n) is 6.66. The molecule has 1 unspecified atom stereocenters. The van der Waals surface area contributed by atoms with Crippen LogP contribution in [-0.4, -0.2) is 37.7 Å². The van der Waals surface area contributed by atoms with Gasteiger partial charge in [-0.15, -0.1) is 0 Å². The lowest BCUT2D eigenvalue weighted by atomic mass is 10.5. The molecule has 0 spiro atoms. The lowest BCUT2D eigenvalue weighted by Crippen LogP contribution is -2.28. The Morgan fingerprint density at radius 1 is 1.55 bits per heavy atom. The van der Waals surface area contributed by atoms with Gasteiger partial charge < -0.3 is 10.8 Å². The summed E-state index contributed by atoms with van der Waals surface area (Å²) in [5.41, 5.74) is 5.19. The van der Waals surface area contributed by atoms with Crippen LogP contribution in [0.5, 0.6) is 0 Å². The maximum absolute atomic E-state index is 11.1. The average molecular weight is 181 g/mol. The Hall–Kier alpha value is -0.130. The van der Waals surface area contributed by atoms with E-state index in [0.29, 0.717) is 6.42 Å². The minimum Gasteiger partial charge on any atom is -0.396 e. The highest BCUT2D eigenvalue weighted by Gasteiger charge is 2.17. The van der Waals surface area contributed by atoms with Crippen LogP contribution in [0.3, 0.4) is 0 Å². The standard InChI is InChI=1S/C6H15NO3S/c1-6(5-7)11(9,10)4-2-3-8/h6,8H,2-5,7H2,1H3. The van der Waals surface area contributed by atoms with Gasteiger partial charge in [0, 0.05) is 13.2 Å². The fourth-order valence-electron chi connectivity index (χ4n) is 0.614. The van der Waals surface area contributed by atoms with Gasteiger partial charge in [-0.25, -0.2) is 8.42 Å². The second-order valence-electron chi connectivity index (χ2n) is 2.49. The molecule has 0 aromatic carbocycles. The van der Waals surface area contributed by atoms with Crippen LogP contribution < -0.4 is 5.73 Å². The van der Waals surface area contributed by atoms with Gasteiger partial charge in [0.15, 0.2) is 9.84 Å². The first-order valence-electron chi connectivity index (χ1n) is 3.57. The van der Waals surface area contributed by atoms with Crippen LogP contribution in [0.4, 0.5) is 0 Å². The molecule has 0 aromatic rings. The number of hydrogen-bond acceptors (Lipinski definition) is 4. The lowest BCUT2D eigenvalue weighted by molar-refractivity contribution is 0.295. The van der Waals surface area contributed by atoms with Gasteiger partial charge in [-0.05, 0) is 13.3 Å². The van der Waals surface area contributed by atoms with Gasteiger partial charge in [0.25, 0.3) is 0 Å². The van der Waals surface area contributed by atoms with Crippen LogP contribution >= 0.6 is 0 Å². The molecule has 11 heavy (non-hydrogen) atoms. The van der Waals surface area contributed by atoms with Gasteiger partial charge in [0.2, 0.25) is 0 Å². The maximum Gasteiger partial charge on any atom is 0.154 e.